The van der Waals surface area contributed by atoms with Crippen LogP contribution in [0.3, 0.4) is 0 Å². The van der Waals surface area contributed by atoms with Crippen LogP contribution in [0, 0.1) is 0 Å². The summed E-state index contributed by atoms with van der Waals surface area (Å²) in [4.78, 5) is 0. The van der Waals surface area contributed by atoms with Crippen molar-refractivity contribution in [2.45, 2.75) is 0 Å². The molecule has 0 heterocycles. The first-order valence-corrected chi connectivity index (χ1v) is 8.49. The molecule has 0 aliphatic carbocycles. The van der Waals surface area contributed by atoms with Crippen LogP contribution in [-0.2, 0) is 75.4 Å². The van der Waals surface area contributed by atoms with Gasteiger partial charge in [-0.05, 0) is 0 Å². The Hall–Kier alpha value is 2.92. The molecule has 0 saturated heterocycles. The van der Waals surface area contributed by atoms with Gasteiger partial charge in [0.05, 0.1) is 0 Å². The zero-order valence-corrected chi connectivity index (χ0v) is 13.1. The summed E-state index contributed by atoms with van der Waals surface area (Å²) in [6.45, 7) is -0.167. The SMILES string of the molecule is S=[PH2][S-].S=[PH2][S-].[Cd+2]. The van der Waals surface area contributed by atoms with Crippen molar-refractivity contribution in [2.24, 2.45) is 0 Å². The molecule has 0 aromatic carbocycles. The predicted molar refractivity (Wildman–Crippen MR) is 48.9 cm³/mol. The van der Waals surface area contributed by atoms with E-state index in [1.807, 2.05) is 0 Å². The van der Waals surface area contributed by atoms with Crippen molar-refractivity contribution in [3.63, 3.8) is 0 Å². The van der Waals surface area contributed by atoms with E-state index in [1.54, 1.807) is 0 Å². The fourth-order valence-corrected chi connectivity index (χ4v) is 0. The minimum absolute atomic E-state index is 0. The summed E-state index contributed by atoms with van der Waals surface area (Å²) in [5.74, 6) is 0. The molecule has 0 amide bonds. The molecule has 0 aliphatic rings. The van der Waals surface area contributed by atoms with Crippen LogP contribution in [0.5, 0.6) is 0 Å². The zero-order valence-electron chi connectivity index (χ0n) is 3.49. The molecular formula is H4CdP2S4. The van der Waals surface area contributed by atoms with Gasteiger partial charge in [0.15, 0.2) is 0 Å². The summed E-state index contributed by atoms with van der Waals surface area (Å²) in [6, 6.07) is 0. The van der Waals surface area contributed by atoms with Crippen LogP contribution < -0.4 is 0 Å². The van der Waals surface area contributed by atoms with Gasteiger partial charge in [-0.1, -0.05) is 0 Å². The Balaban J connectivity index is -0.0000000400. The second-order valence-electron chi connectivity index (χ2n) is 0.192. The van der Waals surface area contributed by atoms with Gasteiger partial charge in [-0.15, -0.1) is 23.6 Å². The summed E-state index contributed by atoms with van der Waals surface area (Å²) in [5.41, 5.74) is 0. The first kappa shape index (κ1) is 16.5. The number of hydrogen-bond donors (Lipinski definition) is 0. The second kappa shape index (κ2) is 23.1. The van der Waals surface area contributed by atoms with Crippen molar-refractivity contribution in [2.75, 3.05) is 0 Å². The van der Waals surface area contributed by atoms with E-state index in [-0.39, 0.29) is 40.4 Å². The summed E-state index contributed by atoms with van der Waals surface area (Å²) in [7, 11) is 0. The first-order valence-electron chi connectivity index (χ1n) is 0.943. The Kier molecular flexibility index (Phi) is 54.4. The van der Waals surface area contributed by atoms with Gasteiger partial charge in [0.1, 0.15) is 0 Å². The number of hydrogen-bond acceptors (Lipinski definition) is 4. The van der Waals surface area contributed by atoms with Gasteiger partial charge < -0.3 is 24.5 Å². The van der Waals surface area contributed by atoms with Crippen LogP contribution in [0.15, 0.2) is 0 Å². The Morgan fingerprint density at radius 3 is 1.00 bits per heavy atom. The maximum atomic E-state index is 4.29. The van der Waals surface area contributed by atoms with E-state index in [4.69, 9.17) is 0 Å². The molecule has 7 heavy (non-hydrogen) atoms. The molecule has 0 radical (unpaired) electrons. The minimum atomic E-state index is -0.0833. The largest absolute Gasteiger partial charge is 2.00 e. The Labute approximate surface area is 87.4 Å². The molecule has 0 fully saturated rings. The van der Waals surface area contributed by atoms with E-state index in [2.05, 4.69) is 48.1 Å². The fraction of sp³-hybridized carbons (Fsp3) is 0. The summed E-state index contributed by atoms with van der Waals surface area (Å²) in [5, 5.41) is 0. The first-order chi connectivity index (χ1) is 2.83. The van der Waals surface area contributed by atoms with Crippen LogP contribution in [0.1, 0.15) is 0 Å². The molecule has 0 aromatic heterocycles. The van der Waals surface area contributed by atoms with Gasteiger partial charge in [-0.3, -0.25) is 0 Å². The average molecular weight is 307 g/mol. The van der Waals surface area contributed by atoms with E-state index in [0.717, 1.165) is 0 Å². The van der Waals surface area contributed by atoms with Crippen molar-refractivity contribution in [3.8, 4) is 0 Å². The molecule has 0 spiro atoms. The molecule has 0 bridgehead atoms. The molecule has 7 heteroatoms. The molecule has 0 aliphatic heterocycles. The molecule has 2 atom stereocenters. The van der Waals surface area contributed by atoms with Crippen LogP contribution in [0.4, 0.5) is 0 Å². The molecular weight excluding hydrogens is 303 g/mol. The molecule has 40 valence electrons. The van der Waals surface area contributed by atoms with Crippen LogP contribution in [0.25, 0.3) is 0 Å². The van der Waals surface area contributed by atoms with E-state index in [9.17, 15) is 0 Å². The van der Waals surface area contributed by atoms with Crippen molar-refractivity contribution in [1.29, 1.82) is 0 Å². The summed E-state index contributed by atoms with van der Waals surface area (Å²) >= 11 is 17.2. The maximum absolute atomic E-state index is 4.29. The van der Waals surface area contributed by atoms with E-state index >= 15 is 0 Å². The number of rotatable bonds is 0. The zero-order chi connectivity index (χ0) is 5.41. The minimum Gasteiger partial charge on any atom is -0.753 e. The van der Waals surface area contributed by atoms with Gasteiger partial charge in [-0.25, -0.2) is 0 Å². The fourth-order valence-electron chi connectivity index (χ4n) is 0. The molecule has 0 N–H and O–H groups in total. The van der Waals surface area contributed by atoms with Gasteiger partial charge in [-0.2, -0.15) is 13.1 Å². The van der Waals surface area contributed by atoms with Crippen molar-refractivity contribution in [3.05, 3.63) is 0 Å². The van der Waals surface area contributed by atoms with E-state index in [0.29, 0.717) is 0 Å². The van der Waals surface area contributed by atoms with E-state index < -0.39 is 0 Å². The Morgan fingerprint density at radius 1 is 1.00 bits per heavy atom. The van der Waals surface area contributed by atoms with Crippen molar-refractivity contribution < 1.29 is 27.3 Å². The molecule has 2 unspecified atom stereocenters. The quantitative estimate of drug-likeness (QED) is 0.366. The summed E-state index contributed by atoms with van der Waals surface area (Å²) < 4.78 is 0. The van der Waals surface area contributed by atoms with E-state index in [1.165, 1.54) is 0 Å². The standard InChI is InChI=1S/Cd.2H3PS2/c;2*2-1-3/h;2*1H2,(H,2,3)/q+2;;/p-2. The van der Waals surface area contributed by atoms with Gasteiger partial charge >= 0.3 is 27.3 Å². The Morgan fingerprint density at radius 2 is 1.00 bits per heavy atom. The summed E-state index contributed by atoms with van der Waals surface area (Å²) in [6.07, 6.45) is 0. The third-order valence-electron chi connectivity index (χ3n) is 0. The normalized spacial score (nSPS) is 8.29. The molecule has 0 saturated carbocycles. The van der Waals surface area contributed by atoms with Crippen LogP contribution in [0.2, 0.25) is 0 Å². The maximum Gasteiger partial charge on any atom is 2.00 e. The molecule has 0 rings (SSSR count). The third-order valence-corrected chi connectivity index (χ3v) is 0. The average Bonchev–Trinajstić information content (AvgIpc) is 1.39. The van der Waals surface area contributed by atoms with Gasteiger partial charge in [0.2, 0.25) is 0 Å². The van der Waals surface area contributed by atoms with Crippen molar-refractivity contribution in [1.82, 2.24) is 0 Å². The topological polar surface area (TPSA) is 0 Å². The Bertz CT molecular complexity index is 30.7. The van der Waals surface area contributed by atoms with Crippen molar-refractivity contribution >= 4 is 61.2 Å². The van der Waals surface area contributed by atoms with Crippen LogP contribution >= 0.6 is 13.1 Å². The molecule has 0 nitrogen and oxygen atoms in total. The third kappa shape index (κ3) is 50.1. The second-order valence-corrected chi connectivity index (χ2v) is 5.20. The van der Waals surface area contributed by atoms with Gasteiger partial charge in [0.25, 0.3) is 0 Å². The predicted octanol–water partition coefficient (Wildman–Crippen LogP) is 0.639. The van der Waals surface area contributed by atoms with Gasteiger partial charge in [0, 0.05) is 0 Å². The van der Waals surface area contributed by atoms with Crippen LogP contribution in [-0.4, -0.2) is 0 Å². The monoisotopic (exact) mass is 308 g/mol. The smallest absolute Gasteiger partial charge is 0.753 e. The molecule has 0 aromatic rings.